The van der Waals surface area contributed by atoms with Crippen molar-refractivity contribution in [1.82, 2.24) is 0 Å². The molecule has 112 valence electrons. The summed E-state index contributed by atoms with van der Waals surface area (Å²) < 4.78 is 0. The minimum Gasteiger partial charge on any atom is -0.265 e. The molecule has 1 aliphatic rings. The van der Waals surface area contributed by atoms with Crippen molar-refractivity contribution in [3.63, 3.8) is 0 Å². The van der Waals surface area contributed by atoms with Crippen molar-refractivity contribution in [3.8, 4) is 0 Å². The smallest absolute Gasteiger partial charge is 0 e. The van der Waals surface area contributed by atoms with Crippen LogP contribution in [0.3, 0.4) is 0 Å². The predicted octanol–water partition coefficient (Wildman–Crippen LogP) is 5.23. The second-order valence-electron chi connectivity index (χ2n) is 7.39. The molecule has 0 aromatic heterocycles. The Labute approximate surface area is 153 Å². The average molecular weight is 400 g/mol. The summed E-state index contributed by atoms with van der Waals surface area (Å²) in [7, 11) is -0.729. The van der Waals surface area contributed by atoms with E-state index in [0.717, 1.165) is 0 Å². The molecule has 0 N–H and O–H groups in total. The zero-order chi connectivity index (χ0) is 12.7. The largest absolute Gasteiger partial charge is 0.265 e. The second kappa shape index (κ2) is 8.57. The Bertz CT molecular complexity index is 333. The Kier molecular flexibility index (Phi) is 11.3. The average Bonchev–Trinajstić information content (AvgIpc) is 2.44. The van der Waals surface area contributed by atoms with Crippen LogP contribution >= 0.6 is 24.8 Å². The van der Waals surface area contributed by atoms with Gasteiger partial charge in [0.15, 0.2) is 0 Å². The van der Waals surface area contributed by atoms with Crippen LogP contribution in [-0.4, -0.2) is 8.80 Å². The first-order chi connectivity index (χ1) is 7.03. The molecule has 0 bridgehead atoms. The third kappa shape index (κ3) is 6.64. The van der Waals surface area contributed by atoms with Crippen LogP contribution in [0.15, 0.2) is 16.8 Å². The normalized spacial score (nSPS) is 18.9. The van der Waals surface area contributed by atoms with Crippen LogP contribution in [0.4, 0.5) is 0 Å². The molecular formula is C15H29Cl2SiZr-. The SMILES string of the molecule is C[SiH](C)C1=CC(C(C)(C)C)[C-]=C1C(C)(C)C.Cl.Cl.[Zr]. The number of halogens is 2. The van der Waals surface area contributed by atoms with Crippen LogP contribution in [0, 0.1) is 22.8 Å². The van der Waals surface area contributed by atoms with Gasteiger partial charge in [0.2, 0.25) is 0 Å². The number of rotatable bonds is 1. The minimum absolute atomic E-state index is 0. The molecule has 0 aromatic rings. The molecule has 0 radical (unpaired) electrons. The van der Waals surface area contributed by atoms with Gasteiger partial charge in [-0.3, -0.25) is 6.08 Å². The van der Waals surface area contributed by atoms with E-state index in [1.807, 2.05) is 0 Å². The zero-order valence-electron chi connectivity index (χ0n) is 13.5. The molecular weight excluding hydrogens is 370 g/mol. The molecule has 0 nitrogen and oxygen atoms in total. The van der Waals surface area contributed by atoms with Crippen molar-refractivity contribution in [1.29, 1.82) is 0 Å². The maximum atomic E-state index is 3.76. The molecule has 0 fully saturated rings. The van der Waals surface area contributed by atoms with E-state index in [0.29, 0.717) is 11.3 Å². The summed E-state index contributed by atoms with van der Waals surface area (Å²) in [6.07, 6.45) is 6.26. The zero-order valence-corrected chi connectivity index (χ0v) is 18.8. The second-order valence-corrected chi connectivity index (χ2v) is 10.3. The van der Waals surface area contributed by atoms with Crippen molar-refractivity contribution in [2.24, 2.45) is 16.7 Å². The molecule has 0 aliphatic heterocycles. The fourth-order valence-corrected chi connectivity index (χ4v) is 3.81. The first-order valence-corrected chi connectivity index (χ1v) is 9.28. The summed E-state index contributed by atoms with van der Waals surface area (Å²) in [5.41, 5.74) is 2.05. The molecule has 1 rings (SSSR count). The van der Waals surface area contributed by atoms with Gasteiger partial charge in [0.05, 0.1) is 0 Å². The predicted molar refractivity (Wildman–Crippen MR) is 90.6 cm³/mol. The van der Waals surface area contributed by atoms with Gasteiger partial charge in [0.1, 0.15) is 0 Å². The van der Waals surface area contributed by atoms with Crippen LogP contribution < -0.4 is 0 Å². The fourth-order valence-electron chi connectivity index (χ4n) is 2.14. The van der Waals surface area contributed by atoms with Crippen molar-refractivity contribution >= 4 is 33.6 Å². The third-order valence-electron chi connectivity index (χ3n) is 3.24. The Morgan fingerprint density at radius 1 is 1.00 bits per heavy atom. The maximum Gasteiger partial charge on any atom is 0 e. The van der Waals surface area contributed by atoms with Crippen LogP contribution in [0.25, 0.3) is 0 Å². The fraction of sp³-hybridized carbons (Fsp3) is 0.733. The molecule has 19 heavy (non-hydrogen) atoms. The van der Waals surface area contributed by atoms with Gasteiger partial charge >= 0.3 is 0 Å². The first kappa shape index (κ1) is 25.1. The number of hydrogen-bond acceptors (Lipinski definition) is 0. The molecule has 0 amide bonds. The molecule has 4 heteroatoms. The standard InChI is InChI=1S/C15H27Si.2ClH.Zr/c1-14(2,3)11-9-12(15(4,5)6)13(10-11)16(7)8;;;/h10-11,16H,1-8H3;2*1H;/q-1;;;. The van der Waals surface area contributed by atoms with Gasteiger partial charge in [-0.1, -0.05) is 60.6 Å². The monoisotopic (exact) mass is 397 g/mol. The van der Waals surface area contributed by atoms with Crippen molar-refractivity contribution in [3.05, 3.63) is 22.9 Å². The van der Waals surface area contributed by atoms with Crippen molar-refractivity contribution in [2.75, 3.05) is 0 Å². The van der Waals surface area contributed by atoms with E-state index in [1.54, 1.807) is 5.20 Å². The van der Waals surface area contributed by atoms with E-state index in [9.17, 15) is 0 Å². The molecule has 1 atom stereocenters. The van der Waals surface area contributed by atoms with E-state index in [-0.39, 0.29) is 56.4 Å². The van der Waals surface area contributed by atoms with Crippen molar-refractivity contribution < 1.29 is 26.2 Å². The van der Waals surface area contributed by atoms with Gasteiger partial charge in [-0.25, -0.2) is 10.8 Å². The van der Waals surface area contributed by atoms with Crippen LogP contribution in [0.1, 0.15) is 41.5 Å². The van der Waals surface area contributed by atoms with E-state index >= 15 is 0 Å². The number of hydrogen-bond donors (Lipinski definition) is 0. The summed E-state index contributed by atoms with van der Waals surface area (Å²) in [4.78, 5) is 0. The first-order valence-electron chi connectivity index (χ1n) is 6.39. The summed E-state index contributed by atoms with van der Waals surface area (Å²) >= 11 is 0. The molecule has 1 unspecified atom stereocenters. The van der Waals surface area contributed by atoms with Gasteiger partial charge in [0, 0.05) is 26.2 Å². The van der Waals surface area contributed by atoms with Crippen molar-refractivity contribution in [2.45, 2.75) is 54.6 Å². The van der Waals surface area contributed by atoms with E-state index in [4.69, 9.17) is 0 Å². The molecule has 0 heterocycles. The van der Waals surface area contributed by atoms with Gasteiger partial charge in [-0.2, -0.15) is 6.08 Å². The number of allylic oxidation sites excluding steroid dienone is 4. The summed E-state index contributed by atoms with van der Waals surface area (Å²) in [6, 6.07) is 0. The van der Waals surface area contributed by atoms with E-state index in [2.05, 4.69) is 66.8 Å². The van der Waals surface area contributed by atoms with Crippen LogP contribution in [0.5, 0.6) is 0 Å². The van der Waals surface area contributed by atoms with Gasteiger partial charge in [-0.05, 0) is 19.6 Å². The molecule has 0 aromatic carbocycles. The third-order valence-corrected chi connectivity index (χ3v) is 4.96. The van der Waals surface area contributed by atoms with Gasteiger partial charge < -0.3 is 0 Å². The van der Waals surface area contributed by atoms with Crippen LogP contribution in [-0.2, 0) is 26.2 Å². The molecule has 0 spiro atoms. The van der Waals surface area contributed by atoms with Crippen LogP contribution in [0.2, 0.25) is 13.1 Å². The Hall–Kier alpha value is 1.16. The summed E-state index contributed by atoms with van der Waals surface area (Å²) in [5, 5.41) is 1.65. The van der Waals surface area contributed by atoms with E-state index in [1.165, 1.54) is 5.57 Å². The molecule has 0 saturated carbocycles. The summed E-state index contributed by atoms with van der Waals surface area (Å²) in [5.74, 6) is 0.506. The summed E-state index contributed by atoms with van der Waals surface area (Å²) in [6.45, 7) is 18.7. The molecule has 1 aliphatic carbocycles. The Morgan fingerprint density at radius 2 is 1.42 bits per heavy atom. The Balaban J connectivity index is -0.000000853. The van der Waals surface area contributed by atoms with Gasteiger partial charge in [-0.15, -0.1) is 24.8 Å². The van der Waals surface area contributed by atoms with E-state index < -0.39 is 8.80 Å². The Morgan fingerprint density at radius 3 is 1.63 bits per heavy atom. The minimum atomic E-state index is -0.729. The topological polar surface area (TPSA) is 0 Å². The van der Waals surface area contributed by atoms with Gasteiger partial charge in [0.25, 0.3) is 0 Å². The maximum absolute atomic E-state index is 3.76. The quantitative estimate of drug-likeness (QED) is 0.418. The molecule has 0 saturated heterocycles.